The fraction of sp³-hybridized carbons (Fsp3) is 0.400. The highest BCUT2D eigenvalue weighted by Crippen LogP contribution is 2.53. The summed E-state index contributed by atoms with van der Waals surface area (Å²) >= 11 is 0. The second-order valence-electron chi connectivity index (χ2n) is 5.53. The Balaban J connectivity index is 1.67. The van der Waals surface area contributed by atoms with Crippen LogP contribution in [-0.2, 0) is 4.79 Å². The highest BCUT2D eigenvalue weighted by atomic mass is 16.2. The maximum atomic E-state index is 12.8. The van der Waals surface area contributed by atoms with Crippen molar-refractivity contribution in [3.63, 3.8) is 0 Å². The summed E-state index contributed by atoms with van der Waals surface area (Å²) in [6, 6.07) is 8.62. The first-order valence-electron chi connectivity index (χ1n) is 7.02. The first-order chi connectivity index (χ1) is 9.77. The van der Waals surface area contributed by atoms with E-state index >= 15 is 0 Å². The predicted molar refractivity (Wildman–Crippen MR) is 72.7 cm³/mol. The van der Waals surface area contributed by atoms with E-state index in [9.17, 15) is 4.79 Å². The molecule has 2 aromatic rings. The zero-order chi connectivity index (χ0) is 13.7. The topological polar surface area (TPSA) is 51.0 Å². The Morgan fingerprint density at radius 1 is 1.25 bits per heavy atom. The summed E-state index contributed by atoms with van der Waals surface area (Å²) in [5.41, 5.74) is 2.64. The van der Waals surface area contributed by atoms with Crippen LogP contribution in [0, 0.1) is 0 Å². The minimum Gasteiger partial charge on any atom is -0.327 e. The molecule has 0 aliphatic carbocycles. The maximum absolute atomic E-state index is 12.8. The van der Waals surface area contributed by atoms with Gasteiger partial charge in [0.1, 0.15) is 18.7 Å². The van der Waals surface area contributed by atoms with Crippen molar-refractivity contribution >= 4 is 5.91 Å². The van der Waals surface area contributed by atoms with Crippen molar-refractivity contribution in [2.24, 2.45) is 0 Å². The van der Waals surface area contributed by atoms with E-state index in [-0.39, 0.29) is 24.0 Å². The van der Waals surface area contributed by atoms with E-state index in [4.69, 9.17) is 0 Å². The second kappa shape index (κ2) is 4.16. The van der Waals surface area contributed by atoms with Crippen LogP contribution >= 0.6 is 0 Å². The predicted octanol–water partition coefficient (Wildman–Crippen LogP) is 2.26. The molecule has 3 atom stereocenters. The lowest BCUT2D eigenvalue weighted by molar-refractivity contribution is -0.137. The SMILES string of the molecule is CC(C(=O)N1C2CCC1c1ccccc12)n1cncn1. The van der Waals surface area contributed by atoms with Gasteiger partial charge in [0.2, 0.25) is 5.91 Å². The molecule has 2 aliphatic rings. The molecule has 0 spiro atoms. The van der Waals surface area contributed by atoms with E-state index < -0.39 is 0 Å². The van der Waals surface area contributed by atoms with Gasteiger partial charge in [-0.1, -0.05) is 24.3 Å². The maximum Gasteiger partial charge on any atom is 0.248 e. The van der Waals surface area contributed by atoms with Crippen LogP contribution in [0.2, 0.25) is 0 Å². The number of carbonyl (C=O) groups is 1. The van der Waals surface area contributed by atoms with Crippen LogP contribution in [0.5, 0.6) is 0 Å². The molecule has 20 heavy (non-hydrogen) atoms. The van der Waals surface area contributed by atoms with Crippen molar-refractivity contribution in [1.29, 1.82) is 0 Å². The van der Waals surface area contributed by atoms with Gasteiger partial charge in [-0.15, -0.1) is 0 Å². The molecule has 2 bridgehead atoms. The van der Waals surface area contributed by atoms with Crippen molar-refractivity contribution in [2.75, 3.05) is 0 Å². The summed E-state index contributed by atoms with van der Waals surface area (Å²) in [7, 11) is 0. The van der Waals surface area contributed by atoms with E-state index in [1.54, 1.807) is 11.0 Å². The Morgan fingerprint density at radius 2 is 1.90 bits per heavy atom. The summed E-state index contributed by atoms with van der Waals surface area (Å²) in [6.45, 7) is 1.89. The third-order valence-electron chi connectivity index (χ3n) is 4.54. The molecular formula is C15H16N4O. The lowest BCUT2D eigenvalue weighted by Crippen LogP contribution is -2.34. The summed E-state index contributed by atoms with van der Waals surface area (Å²) in [4.78, 5) is 18.8. The number of hydrogen-bond donors (Lipinski definition) is 0. The van der Waals surface area contributed by atoms with Gasteiger partial charge in [0.15, 0.2) is 0 Å². The quantitative estimate of drug-likeness (QED) is 0.839. The first kappa shape index (κ1) is 11.6. The largest absolute Gasteiger partial charge is 0.327 e. The van der Waals surface area contributed by atoms with Gasteiger partial charge < -0.3 is 4.90 Å². The molecule has 3 heterocycles. The number of carbonyl (C=O) groups excluding carboxylic acids is 1. The molecule has 1 fully saturated rings. The lowest BCUT2D eigenvalue weighted by Gasteiger charge is -2.25. The molecule has 4 rings (SSSR count). The third-order valence-corrected chi connectivity index (χ3v) is 4.54. The number of hydrogen-bond acceptors (Lipinski definition) is 3. The van der Waals surface area contributed by atoms with Gasteiger partial charge in [-0.3, -0.25) is 4.79 Å². The molecule has 1 aromatic carbocycles. The van der Waals surface area contributed by atoms with Gasteiger partial charge in [0.25, 0.3) is 0 Å². The molecule has 5 nitrogen and oxygen atoms in total. The van der Waals surface area contributed by atoms with Gasteiger partial charge in [0.05, 0.1) is 12.1 Å². The fourth-order valence-corrected chi connectivity index (χ4v) is 3.59. The van der Waals surface area contributed by atoms with E-state index in [1.165, 1.54) is 17.5 Å². The summed E-state index contributed by atoms with van der Waals surface area (Å²) in [6.07, 6.45) is 5.21. The van der Waals surface area contributed by atoms with Gasteiger partial charge in [-0.05, 0) is 30.9 Å². The average molecular weight is 268 g/mol. The molecule has 0 N–H and O–H groups in total. The molecular weight excluding hydrogens is 252 g/mol. The number of benzene rings is 1. The standard InChI is InChI=1S/C15H16N4O/c1-10(18-9-16-8-17-18)15(20)19-13-6-7-14(19)12-5-3-2-4-11(12)13/h2-5,8-10,13-14H,6-7H2,1H3. The zero-order valence-electron chi connectivity index (χ0n) is 11.3. The zero-order valence-corrected chi connectivity index (χ0v) is 11.3. The first-order valence-corrected chi connectivity index (χ1v) is 7.02. The van der Waals surface area contributed by atoms with Crippen LogP contribution in [0.15, 0.2) is 36.9 Å². The van der Waals surface area contributed by atoms with Gasteiger partial charge >= 0.3 is 0 Å². The summed E-state index contributed by atoms with van der Waals surface area (Å²) in [5, 5.41) is 4.09. The summed E-state index contributed by atoms with van der Waals surface area (Å²) < 4.78 is 1.63. The van der Waals surface area contributed by atoms with Crippen LogP contribution in [0.25, 0.3) is 0 Å². The minimum atomic E-state index is -0.296. The molecule has 3 unspecified atom stereocenters. The molecule has 0 saturated carbocycles. The van der Waals surface area contributed by atoms with E-state index in [0.29, 0.717) is 0 Å². The Kier molecular flexibility index (Phi) is 2.42. The van der Waals surface area contributed by atoms with Crippen molar-refractivity contribution < 1.29 is 4.79 Å². The van der Waals surface area contributed by atoms with Crippen molar-refractivity contribution in [3.8, 4) is 0 Å². The molecule has 5 heteroatoms. The lowest BCUT2D eigenvalue weighted by atomic mass is 9.92. The van der Waals surface area contributed by atoms with Crippen molar-refractivity contribution in [1.82, 2.24) is 19.7 Å². The highest BCUT2D eigenvalue weighted by molar-refractivity contribution is 5.82. The van der Waals surface area contributed by atoms with Crippen LogP contribution in [0.1, 0.15) is 49.0 Å². The smallest absolute Gasteiger partial charge is 0.248 e. The van der Waals surface area contributed by atoms with Gasteiger partial charge in [-0.25, -0.2) is 9.67 Å². The van der Waals surface area contributed by atoms with Gasteiger partial charge in [0, 0.05) is 0 Å². The van der Waals surface area contributed by atoms with Crippen LogP contribution in [0.4, 0.5) is 0 Å². The number of amides is 1. The fourth-order valence-electron chi connectivity index (χ4n) is 3.59. The monoisotopic (exact) mass is 268 g/mol. The van der Waals surface area contributed by atoms with E-state index in [2.05, 4.69) is 39.2 Å². The Morgan fingerprint density at radius 3 is 2.45 bits per heavy atom. The van der Waals surface area contributed by atoms with E-state index in [1.807, 2.05) is 6.92 Å². The van der Waals surface area contributed by atoms with Crippen LogP contribution < -0.4 is 0 Å². The van der Waals surface area contributed by atoms with Crippen molar-refractivity contribution in [3.05, 3.63) is 48.0 Å². The minimum absolute atomic E-state index is 0.138. The number of nitrogens with zero attached hydrogens (tertiary/aromatic N) is 4. The van der Waals surface area contributed by atoms with E-state index in [0.717, 1.165) is 12.8 Å². The van der Waals surface area contributed by atoms with Crippen LogP contribution in [-0.4, -0.2) is 25.6 Å². The number of fused-ring (bicyclic) bond motifs is 5. The average Bonchev–Trinajstić information content (AvgIpc) is 3.20. The molecule has 102 valence electrons. The Labute approximate surface area is 117 Å². The number of rotatable bonds is 2. The molecule has 1 aromatic heterocycles. The molecule has 1 saturated heterocycles. The third kappa shape index (κ3) is 1.46. The number of aromatic nitrogens is 3. The molecule has 1 amide bonds. The summed E-state index contributed by atoms with van der Waals surface area (Å²) in [5.74, 6) is 0.138. The van der Waals surface area contributed by atoms with Crippen molar-refractivity contribution in [2.45, 2.75) is 37.9 Å². The Hall–Kier alpha value is -2.17. The van der Waals surface area contributed by atoms with Crippen LogP contribution in [0.3, 0.4) is 0 Å². The molecule has 0 radical (unpaired) electrons. The normalized spacial score (nSPS) is 24.8. The Bertz CT molecular complexity index is 621. The second-order valence-corrected chi connectivity index (χ2v) is 5.53. The van der Waals surface area contributed by atoms with Gasteiger partial charge in [-0.2, -0.15) is 5.10 Å². The highest BCUT2D eigenvalue weighted by Gasteiger charge is 2.47. The molecule has 2 aliphatic heterocycles.